The van der Waals surface area contributed by atoms with Gasteiger partial charge in [-0.05, 0) is 30.2 Å². The van der Waals surface area contributed by atoms with E-state index in [1.807, 2.05) is 45.2 Å². The zero-order valence-corrected chi connectivity index (χ0v) is 14.7. The highest BCUT2D eigenvalue weighted by Gasteiger charge is 2.13. The van der Waals surface area contributed by atoms with Crippen LogP contribution >= 0.6 is 0 Å². The van der Waals surface area contributed by atoms with Crippen LogP contribution in [-0.2, 0) is 11.3 Å². The lowest BCUT2D eigenvalue weighted by Crippen LogP contribution is -3.09. The van der Waals surface area contributed by atoms with E-state index in [1.165, 1.54) is 0 Å². The zero-order valence-electron chi connectivity index (χ0n) is 14.7. The van der Waals surface area contributed by atoms with Crippen LogP contribution in [0.3, 0.4) is 0 Å². The summed E-state index contributed by atoms with van der Waals surface area (Å²) in [6, 6.07) is 7.28. The lowest BCUT2D eigenvalue weighted by atomic mass is 10.2. The van der Waals surface area contributed by atoms with Crippen molar-refractivity contribution in [2.24, 2.45) is 5.92 Å². The number of amides is 3. The normalized spacial score (nSPS) is 11.7. The van der Waals surface area contributed by atoms with Crippen LogP contribution in [0, 0.1) is 5.92 Å². The fraction of sp³-hybridized carbons (Fsp3) is 0.444. The number of urea groups is 1. The molecule has 0 aromatic heterocycles. The lowest BCUT2D eigenvalue weighted by Gasteiger charge is -2.14. The van der Waals surface area contributed by atoms with E-state index in [1.54, 1.807) is 6.08 Å². The molecule has 1 aromatic carbocycles. The van der Waals surface area contributed by atoms with Crippen molar-refractivity contribution in [3.05, 3.63) is 42.5 Å². The van der Waals surface area contributed by atoms with E-state index >= 15 is 0 Å². The molecule has 0 heterocycles. The molecule has 6 nitrogen and oxygen atoms in total. The van der Waals surface area contributed by atoms with Crippen molar-refractivity contribution in [2.45, 2.75) is 20.4 Å². The van der Waals surface area contributed by atoms with Crippen molar-refractivity contribution in [1.29, 1.82) is 0 Å². The standard InChI is InChI=1S/C18H27N3O3/c1-5-10-24-16-8-6-15(7-9-16)12-21(4)13-17(22)20-18(23)19-11-14(2)3/h5-9,14H,1,10-13H2,2-4H3,(H2,19,20,22,23)/p+1. The predicted octanol–water partition coefficient (Wildman–Crippen LogP) is 0.748. The Balaban J connectivity index is 2.36. The number of imide groups is 1. The summed E-state index contributed by atoms with van der Waals surface area (Å²) < 4.78 is 5.43. The number of carbonyl (C=O) groups excluding carboxylic acids is 2. The van der Waals surface area contributed by atoms with Gasteiger partial charge in [-0.2, -0.15) is 0 Å². The van der Waals surface area contributed by atoms with Gasteiger partial charge in [-0.1, -0.05) is 26.5 Å². The Morgan fingerprint density at radius 3 is 2.54 bits per heavy atom. The topological polar surface area (TPSA) is 71.9 Å². The molecule has 0 fully saturated rings. The Morgan fingerprint density at radius 1 is 1.29 bits per heavy atom. The number of benzene rings is 1. The van der Waals surface area contributed by atoms with Gasteiger partial charge in [-0.25, -0.2) is 4.79 Å². The predicted molar refractivity (Wildman–Crippen MR) is 94.0 cm³/mol. The van der Waals surface area contributed by atoms with Gasteiger partial charge < -0.3 is 15.0 Å². The number of hydrogen-bond acceptors (Lipinski definition) is 3. The van der Waals surface area contributed by atoms with Crippen molar-refractivity contribution >= 4 is 11.9 Å². The molecular formula is C18H28N3O3+. The van der Waals surface area contributed by atoms with Crippen molar-refractivity contribution in [2.75, 3.05) is 26.7 Å². The highest BCUT2D eigenvalue weighted by Crippen LogP contribution is 2.11. The monoisotopic (exact) mass is 334 g/mol. The maximum Gasteiger partial charge on any atom is 0.321 e. The third-order valence-electron chi connectivity index (χ3n) is 3.18. The first kappa shape index (κ1) is 19.7. The van der Waals surface area contributed by atoms with Gasteiger partial charge in [0.1, 0.15) is 18.9 Å². The fourth-order valence-electron chi connectivity index (χ4n) is 2.06. The summed E-state index contributed by atoms with van der Waals surface area (Å²) in [5, 5.41) is 5.00. The molecule has 0 aliphatic carbocycles. The minimum Gasteiger partial charge on any atom is -0.490 e. The second-order valence-corrected chi connectivity index (χ2v) is 6.21. The third-order valence-corrected chi connectivity index (χ3v) is 3.18. The molecule has 0 aliphatic rings. The molecule has 6 heteroatoms. The first-order chi connectivity index (χ1) is 11.4. The molecule has 0 aliphatic heterocycles. The molecule has 3 N–H and O–H groups in total. The van der Waals surface area contributed by atoms with E-state index < -0.39 is 6.03 Å². The molecule has 0 radical (unpaired) electrons. The van der Waals surface area contributed by atoms with Crippen LogP contribution in [0.5, 0.6) is 5.75 Å². The van der Waals surface area contributed by atoms with E-state index in [-0.39, 0.29) is 12.5 Å². The lowest BCUT2D eigenvalue weighted by molar-refractivity contribution is -0.885. The summed E-state index contributed by atoms with van der Waals surface area (Å²) in [6.07, 6.45) is 1.70. The molecule has 0 spiro atoms. The van der Waals surface area contributed by atoms with E-state index in [0.717, 1.165) is 16.2 Å². The largest absolute Gasteiger partial charge is 0.490 e. The number of ether oxygens (including phenoxy) is 1. The van der Waals surface area contributed by atoms with Gasteiger partial charge in [0.25, 0.3) is 5.91 Å². The molecule has 1 unspecified atom stereocenters. The maximum absolute atomic E-state index is 11.8. The second kappa shape index (κ2) is 10.4. The Labute approximate surface area is 143 Å². The van der Waals surface area contributed by atoms with Crippen molar-refractivity contribution in [3.63, 3.8) is 0 Å². The van der Waals surface area contributed by atoms with Gasteiger partial charge in [0, 0.05) is 12.1 Å². The minimum absolute atomic E-state index is 0.226. The van der Waals surface area contributed by atoms with Gasteiger partial charge in [-0.15, -0.1) is 0 Å². The number of rotatable bonds is 9. The average molecular weight is 334 g/mol. The molecule has 1 rings (SSSR count). The van der Waals surface area contributed by atoms with Crippen LogP contribution in [0.2, 0.25) is 0 Å². The molecule has 0 bridgehead atoms. The second-order valence-electron chi connectivity index (χ2n) is 6.21. The highest BCUT2D eigenvalue weighted by atomic mass is 16.5. The minimum atomic E-state index is -0.440. The van der Waals surface area contributed by atoms with E-state index in [0.29, 0.717) is 25.6 Å². The van der Waals surface area contributed by atoms with Crippen molar-refractivity contribution in [1.82, 2.24) is 10.6 Å². The Morgan fingerprint density at radius 2 is 1.96 bits per heavy atom. The number of quaternary nitrogens is 1. The molecule has 3 amide bonds. The summed E-state index contributed by atoms with van der Waals surface area (Å²) in [4.78, 5) is 24.4. The quantitative estimate of drug-likeness (QED) is 0.584. The Bertz CT molecular complexity index is 541. The van der Waals surface area contributed by atoms with Crippen LogP contribution in [0.25, 0.3) is 0 Å². The number of likely N-dealkylation sites (N-methyl/N-ethyl adjacent to an activating group) is 1. The van der Waals surface area contributed by atoms with Gasteiger partial charge in [0.15, 0.2) is 6.54 Å². The van der Waals surface area contributed by atoms with E-state index in [4.69, 9.17) is 4.74 Å². The Kier molecular flexibility index (Phi) is 8.57. The molecule has 1 aromatic rings. The first-order valence-corrected chi connectivity index (χ1v) is 8.12. The first-order valence-electron chi connectivity index (χ1n) is 8.12. The van der Waals surface area contributed by atoms with Crippen LogP contribution in [0.15, 0.2) is 36.9 Å². The molecular weight excluding hydrogens is 306 g/mol. The SMILES string of the molecule is C=CCOc1ccc(C[NH+](C)CC(=O)NC(=O)NCC(C)C)cc1. The van der Waals surface area contributed by atoms with Gasteiger partial charge in [0.2, 0.25) is 0 Å². The summed E-state index contributed by atoms with van der Waals surface area (Å²) >= 11 is 0. The molecule has 0 saturated carbocycles. The number of nitrogens with one attached hydrogen (secondary N) is 3. The van der Waals surface area contributed by atoms with Crippen molar-refractivity contribution < 1.29 is 19.2 Å². The Hall–Kier alpha value is -2.34. The van der Waals surface area contributed by atoms with Gasteiger partial charge >= 0.3 is 6.03 Å². The van der Waals surface area contributed by atoms with Crippen molar-refractivity contribution in [3.8, 4) is 5.75 Å². The number of carbonyl (C=O) groups is 2. The summed E-state index contributed by atoms with van der Waals surface area (Å²) in [6.45, 7) is 9.52. The molecule has 24 heavy (non-hydrogen) atoms. The number of hydrogen-bond donors (Lipinski definition) is 3. The molecule has 132 valence electrons. The molecule has 1 atom stereocenters. The molecule has 0 saturated heterocycles. The smallest absolute Gasteiger partial charge is 0.321 e. The van der Waals surface area contributed by atoms with E-state index in [9.17, 15) is 9.59 Å². The average Bonchev–Trinajstić information content (AvgIpc) is 2.52. The zero-order chi connectivity index (χ0) is 17.9. The van der Waals surface area contributed by atoms with E-state index in [2.05, 4.69) is 17.2 Å². The van der Waals surface area contributed by atoms with Crippen LogP contribution in [0.4, 0.5) is 4.79 Å². The van der Waals surface area contributed by atoms with Crippen LogP contribution in [0.1, 0.15) is 19.4 Å². The highest BCUT2D eigenvalue weighted by molar-refractivity contribution is 5.94. The maximum atomic E-state index is 11.8. The van der Waals surface area contributed by atoms with Crippen LogP contribution < -0.4 is 20.3 Å². The summed E-state index contributed by atoms with van der Waals surface area (Å²) in [7, 11) is 1.91. The van der Waals surface area contributed by atoms with Gasteiger partial charge in [0.05, 0.1) is 7.05 Å². The van der Waals surface area contributed by atoms with Gasteiger partial charge in [-0.3, -0.25) is 10.1 Å². The fourth-order valence-corrected chi connectivity index (χ4v) is 2.06. The summed E-state index contributed by atoms with van der Waals surface area (Å²) in [5.41, 5.74) is 1.09. The third kappa shape index (κ3) is 8.33. The van der Waals surface area contributed by atoms with Crippen LogP contribution in [-0.4, -0.2) is 38.7 Å². The summed E-state index contributed by atoms with van der Waals surface area (Å²) in [5.74, 6) is 0.841.